The van der Waals surface area contributed by atoms with E-state index in [2.05, 4.69) is 10.3 Å². The largest absolute Gasteiger partial charge is 0.315 e. The predicted octanol–water partition coefficient (Wildman–Crippen LogP) is 0.864. The highest BCUT2D eigenvalue weighted by atomic mass is 32.1. The lowest BCUT2D eigenvalue weighted by Crippen LogP contribution is -2.56. The molecule has 1 N–H and O–H groups in total. The molecule has 1 aromatic rings. The molecule has 0 radical (unpaired) electrons. The maximum atomic E-state index is 11.8. The van der Waals surface area contributed by atoms with Gasteiger partial charge in [0, 0.05) is 30.6 Å². The second kappa shape index (κ2) is 3.20. The van der Waals surface area contributed by atoms with E-state index >= 15 is 0 Å². The molecule has 1 saturated heterocycles. The minimum atomic E-state index is -0.121. The first-order valence-corrected chi connectivity index (χ1v) is 5.20. The van der Waals surface area contributed by atoms with Gasteiger partial charge in [-0.1, -0.05) is 6.92 Å². The van der Waals surface area contributed by atoms with E-state index < -0.39 is 0 Å². The molecule has 0 aromatic carbocycles. The minimum absolute atomic E-state index is 0.121. The van der Waals surface area contributed by atoms with E-state index in [1.807, 2.05) is 6.92 Å². The first kappa shape index (κ1) is 8.84. The molecule has 2 heterocycles. The fraction of sp³-hybridized carbons (Fsp3) is 0.556. The summed E-state index contributed by atoms with van der Waals surface area (Å²) in [6.07, 6.45) is 2.32. The second-order valence-electron chi connectivity index (χ2n) is 3.73. The van der Waals surface area contributed by atoms with Crippen LogP contribution in [0, 0.1) is 5.41 Å². The lowest BCUT2D eigenvalue weighted by molar-refractivity contribution is -0.129. The minimum Gasteiger partial charge on any atom is -0.315 e. The molecular formula is C9H12N2OS. The van der Waals surface area contributed by atoms with Crippen LogP contribution in [0.25, 0.3) is 0 Å². The Morgan fingerprint density at radius 2 is 2.54 bits per heavy atom. The van der Waals surface area contributed by atoms with E-state index in [0.717, 1.165) is 18.0 Å². The summed E-state index contributed by atoms with van der Waals surface area (Å²) in [5.41, 5.74) is 1.65. The summed E-state index contributed by atoms with van der Waals surface area (Å²) in [6.45, 7) is 3.67. The molecule has 0 aliphatic carbocycles. The summed E-state index contributed by atoms with van der Waals surface area (Å²) >= 11 is 1.55. The van der Waals surface area contributed by atoms with E-state index in [1.54, 1.807) is 23.0 Å². The molecule has 2 rings (SSSR count). The van der Waals surface area contributed by atoms with Crippen molar-refractivity contribution >= 4 is 17.1 Å². The number of nitrogens with one attached hydrogen (secondary N) is 1. The third kappa shape index (κ3) is 1.64. The number of nitrogens with zero attached hydrogens (tertiary/aromatic N) is 1. The molecule has 0 unspecified atom stereocenters. The normalized spacial score (nSPS) is 19.5. The predicted molar refractivity (Wildman–Crippen MR) is 51.8 cm³/mol. The highest BCUT2D eigenvalue weighted by Crippen LogP contribution is 2.25. The average Bonchev–Trinajstić information content (AvgIpc) is 2.52. The third-order valence-corrected chi connectivity index (χ3v) is 3.30. The zero-order valence-electron chi connectivity index (χ0n) is 7.54. The van der Waals surface area contributed by atoms with E-state index in [9.17, 15) is 4.79 Å². The molecule has 1 aliphatic heterocycles. The first-order chi connectivity index (χ1) is 6.21. The van der Waals surface area contributed by atoms with Gasteiger partial charge in [-0.05, 0) is 0 Å². The zero-order chi connectivity index (χ0) is 9.31. The molecular weight excluding hydrogens is 184 g/mol. The van der Waals surface area contributed by atoms with Crippen LogP contribution in [-0.2, 0) is 11.2 Å². The number of hydrogen-bond acceptors (Lipinski definition) is 4. The molecule has 0 spiro atoms. The van der Waals surface area contributed by atoms with Crippen LogP contribution in [0.1, 0.15) is 11.8 Å². The Kier molecular flexibility index (Phi) is 2.17. The fourth-order valence-corrected chi connectivity index (χ4v) is 1.99. The number of hydrogen-bond donors (Lipinski definition) is 1. The summed E-state index contributed by atoms with van der Waals surface area (Å²) in [5, 5.41) is 3.13. The van der Waals surface area contributed by atoms with E-state index in [1.165, 1.54) is 0 Å². The monoisotopic (exact) mass is 196 g/mol. The van der Waals surface area contributed by atoms with Gasteiger partial charge in [0.25, 0.3) is 0 Å². The number of carbonyl (C=O) groups excluding carboxylic acids is 1. The average molecular weight is 196 g/mol. The number of Topliss-reactive ketones (excluding diaryl/α,β-unsaturated/α-hetero) is 1. The third-order valence-electron chi connectivity index (χ3n) is 2.52. The van der Waals surface area contributed by atoms with Crippen molar-refractivity contribution in [1.82, 2.24) is 10.3 Å². The lowest BCUT2D eigenvalue weighted by atomic mass is 9.78. The lowest BCUT2D eigenvalue weighted by Gasteiger charge is -2.37. The summed E-state index contributed by atoms with van der Waals surface area (Å²) in [5.74, 6) is 0.329. The van der Waals surface area contributed by atoms with Crippen LogP contribution in [0.2, 0.25) is 0 Å². The van der Waals surface area contributed by atoms with Crippen molar-refractivity contribution < 1.29 is 4.79 Å². The van der Waals surface area contributed by atoms with Crippen LogP contribution in [-0.4, -0.2) is 23.9 Å². The number of rotatable bonds is 3. The molecule has 0 atom stereocenters. The van der Waals surface area contributed by atoms with Gasteiger partial charge < -0.3 is 5.32 Å². The molecule has 3 nitrogen and oxygen atoms in total. The standard InChI is InChI=1S/C9H12N2OS/c1-9(4-11-5-9)8(12)2-7-3-10-6-13-7/h3,6,11H,2,4-5H2,1H3. The van der Waals surface area contributed by atoms with Crippen molar-refractivity contribution in [2.24, 2.45) is 5.41 Å². The van der Waals surface area contributed by atoms with E-state index in [0.29, 0.717) is 12.2 Å². The van der Waals surface area contributed by atoms with Gasteiger partial charge in [0.05, 0.1) is 10.9 Å². The molecule has 70 valence electrons. The van der Waals surface area contributed by atoms with Crippen LogP contribution < -0.4 is 5.32 Å². The van der Waals surface area contributed by atoms with Crippen molar-refractivity contribution in [3.63, 3.8) is 0 Å². The Morgan fingerprint density at radius 3 is 3.00 bits per heavy atom. The first-order valence-electron chi connectivity index (χ1n) is 4.32. The Morgan fingerprint density at radius 1 is 1.77 bits per heavy atom. The summed E-state index contributed by atoms with van der Waals surface area (Å²) in [4.78, 5) is 16.8. The smallest absolute Gasteiger partial charge is 0.146 e. The molecule has 1 fully saturated rings. The number of carbonyl (C=O) groups is 1. The Balaban J connectivity index is 1.99. The van der Waals surface area contributed by atoms with Crippen LogP contribution >= 0.6 is 11.3 Å². The van der Waals surface area contributed by atoms with E-state index in [4.69, 9.17) is 0 Å². The van der Waals surface area contributed by atoms with Gasteiger partial charge in [0.2, 0.25) is 0 Å². The highest BCUT2D eigenvalue weighted by Gasteiger charge is 2.38. The van der Waals surface area contributed by atoms with Crippen molar-refractivity contribution in [2.45, 2.75) is 13.3 Å². The Hall–Kier alpha value is -0.740. The molecule has 1 aliphatic rings. The quantitative estimate of drug-likeness (QED) is 0.779. The van der Waals surface area contributed by atoms with Gasteiger partial charge in [-0.25, -0.2) is 0 Å². The molecule has 13 heavy (non-hydrogen) atoms. The zero-order valence-corrected chi connectivity index (χ0v) is 8.36. The molecule has 1 aromatic heterocycles. The van der Waals surface area contributed by atoms with Crippen molar-refractivity contribution in [3.05, 3.63) is 16.6 Å². The van der Waals surface area contributed by atoms with Crippen LogP contribution in [0.3, 0.4) is 0 Å². The summed E-state index contributed by atoms with van der Waals surface area (Å²) in [7, 11) is 0. The SMILES string of the molecule is CC1(C(=O)Cc2cncs2)CNC1. The van der Waals surface area contributed by atoms with Gasteiger partial charge >= 0.3 is 0 Å². The van der Waals surface area contributed by atoms with Gasteiger partial charge in [0.1, 0.15) is 5.78 Å². The molecule has 0 bridgehead atoms. The topological polar surface area (TPSA) is 42.0 Å². The van der Waals surface area contributed by atoms with Gasteiger partial charge in [-0.15, -0.1) is 11.3 Å². The maximum Gasteiger partial charge on any atom is 0.146 e. The van der Waals surface area contributed by atoms with Crippen LogP contribution in [0.15, 0.2) is 11.7 Å². The van der Waals surface area contributed by atoms with Gasteiger partial charge in [-0.3, -0.25) is 9.78 Å². The highest BCUT2D eigenvalue weighted by molar-refractivity contribution is 7.09. The fourth-order valence-electron chi connectivity index (χ4n) is 1.40. The van der Waals surface area contributed by atoms with Gasteiger partial charge in [-0.2, -0.15) is 0 Å². The van der Waals surface area contributed by atoms with Crippen LogP contribution in [0.4, 0.5) is 0 Å². The molecule has 0 saturated carbocycles. The summed E-state index contributed by atoms with van der Waals surface area (Å²) in [6, 6.07) is 0. The summed E-state index contributed by atoms with van der Waals surface area (Å²) < 4.78 is 0. The Bertz CT molecular complexity index is 303. The number of thiazole rings is 1. The second-order valence-corrected chi connectivity index (χ2v) is 4.70. The van der Waals surface area contributed by atoms with Gasteiger partial charge in [0.15, 0.2) is 0 Å². The molecule has 0 amide bonds. The molecule has 4 heteroatoms. The van der Waals surface area contributed by atoms with E-state index in [-0.39, 0.29) is 5.41 Å². The van der Waals surface area contributed by atoms with Crippen LogP contribution in [0.5, 0.6) is 0 Å². The number of ketones is 1. The van der Waals surface area contributed by atoms with Crippen molar-refractivity contribution in [1.29, 1.82) is 0 Å². The van der Waals surface area contributed by atoms with Crippen molar-refractivity contribution in [2.75, 3.05) is 13.1 Å². The van der Waals surface area contributed by atoms with Crippen molar-refractivity contribution in [3.8, 4) is 0 Å². The Labute approximate surface area is 81.2 Å². The maximum absolute atomic E-state index is 11.8. The number of aromatic nitrogens is 1.